The Hall–Kier alpha value is -3.65. The quantitative estimate of drug-likeness (QED) is 0.497. The van der Waals surface area contributed by atoms with Gasteiger partial charge in [-0.3, -0.25) is 23.5 Å². The number of hydrogen-bond acceptors (Lipinski definition) is 5. The monoisotopic (exact) mass is 424 g/mol. The maximum atomic E-state index is 12.9. The molecule has 0 aliphatic carbocycles. The van der Waals surface area contributed by atoms with Gasteiger partial charge in [-0.1, -0.05) is 47.1 Å². The average Bonchev–Trinajstić information content (AvgIpc) is 3.14. The van der Waals surface area contributed by atoms with E-state index in [1.165, 1.54) is 4.57 Å². The van der Waals surface area contributed by atoms with Crippen molar-refractivity contribution in [2.24, 2.45) is 0 Å². The minimum Gasteiger partial charge on any atom is -0.360 e. The molecule has 2 aromatic heterocycles. The molecular weight excluding hydrogens is 408 g/mol. The van der Waals surface area contributed by atoms with E-state index in [0.717, 1.165) is 10.1 Å². The van der Waals surface area contributed by atoms with Crippen molar-refractivity contribution in [3.63, 3.8) is 0 Å². The molecule has 0 saturated carbocycles. The van der Waals surface area contributed by atoms with E-state index in [1.807, 2.05) is 30.3 Å². The summed E-state index contributed by atoms with van der Waals surface area (Å²) in [6.07, 6.45) is 0. The summed E-state index contributed by atoms with van der Waals surface area (Å²) in [6, 6.07) is 15.7. The van der Waals surface area contributed by atoms with Crippen LogP contribution in [0.3, 0.4) is 0 Å². The van der Waals surface area contributed by atoms with Crippen molar-refractivity contribution >= 4 is 34.4 Å². The lowest BCUT2D eigenvalue weighted by Crippen LogP contribution is -2.43. The first kappa shape index (κ1) is 19.7. The number of nitrogens with one attached hydrogen (secondary N) is 1. The van der Waals surface area contributed by atoms with Crippen LogP contribution in [0, 0.1) is 6.92 Å². The van der Waals surface area contributed by atoms with Gasteiger partial charge in [0, 0.05) is 11.1 Å². The number of fused-ring (bicyclic) bond motifs is 1. The predicted molar refractivity (Wildman–Crippen MR) is 113 cm³/mol. The Morgan fingerprint density at radius 1 is 1.03 bits per heavy atom. The number of nitrogens with zero attached hydrogens (tertiary/aromatic N) is 3. The second kappa shape index (κ2) is 8.00. The molecule has 0 aliphatic heterocycles. The van der Waals surface area contributed by atoms with Gasteiger partial charge >= 0.3 is 11.1 Å². The van der Waals surface area contributed by atoms with Gasteiger partial charge in [-0.05, 0) is 30.7 Å². The Labute approximate surface area is 175 Å². The summed E-state index contributed by atoms with van der Waals surface area (Å²) in [7, 11) is 0. The van der Waals surface area contributed by atoms with Gasteiger partial charge < -0.3 is 9.84 Å². The van der Waals surface area contributed by atoms with Gasteiger partial charge in [0.05, 0.1) is 17.6 Å². The topological polar surface area (TPSA) is 99.1 Å². The molecule has 0 saturated heterocycles. The van der Waals surface area contributed by atoms with Crippen molar-refractivity contribution in [1.29, 1.82) is 0 Å². The summed E-state index contributed by atoms with van der Waals surface area (Å²) >= 11 is 6.14. The summed E-state index contributed by atoms with van der Waals surface area (Å²) in [5.74, 6) is 0.236. The third-order valence-electron chi connectivity index (χ3n) is 4.57. The predicted octanol–water partition coefficient (Wildman–Crippen LogP) is 2.80. The molecule has 152 valence electrons. The molecule has 0 aliphatic rings. The molecule has 4 aromatic rings. The van der Waals surface area contributed by atoms with E-state index in [2.05, 4.69) is 10.5 Å². The molecule has 8 nitrogen and oxygen atoms in total. The van der Waals surface area contributed by atoms with Gasteiger partial charge in [0.2, 0.25) is 5.91 Å². The van der Waals surface area contributed by atoms with Crippen molar-refractivity contribution < 1.29 is 9.32 Å². The number of benzene rings is 2. The zero-order valence-electron chi connectivity index (χ0n) is 16.0. The lowest BCUT2D eigenvalue weighted by Gasteiger charge is -2.15. The number of rotatable bonds is 5. The zero-order valence-corrected chi connectivity index (χ0v) is 16.7. The van der Waals surface area contributed by atoms with Crippen LogP contribution in [0.2, 0.25) is 5.02 Å². The summed E-state index contributed by atoms with van der Waals surface area (Å²) in [5.41, 5.74) is 0.213. The van der Waals surface area contributed by atoms with Crippen molar-refractivity contribution in [1.82, 2.24) is 14.3 Å². The molecule has 2 aromatic carbocycles. The highest BCUT2D eigenvalue weighted by molar-refractivity contribution is 6.31. The third kappa shape index (κ3) is 3.90. The third-order valence-corrected chi connectivity index (χ3v) is 4.81. The van der Waals surface area contributed by atoms with Crippen LogP contribution in [0.5, 0.6) is 0 Å². The summed E-state index contributed by atoms with van der Waals surface area (Å²) < 4.78 is 7.42. The van der Waals surface area contributed by atoms with E-state index in [9.17, 15) is 14.4 Å². The van der Waals surface area contributed by atoms with Gasteiger partial charge in [-0.25, -0.2) is 0 Å². The maximum absolute atomic E-state index is 12.9. The minimum atomic E-state index is -0.813. The Kier molecular flexibility index (Phi) is 5.24. The van der Waals surface area contributed by atoms with E-state index in [4.69, 9.17) is 16.1 Å². The fraction of sp³-hybridized carbons (Fsp3) is 0.143. The number of halogens is 1. The zero-order chi connectivity index (χ0) is 21.3. The Morgan fingerprint density at radius 3 is 2.47 bits per heavy atom. The first-order valence-corrected chi connectivity index (χ1v) is 9.50. The van der Waals surface area contributed by atoms with Crippen LogP contribution in [0.25, 0.3) is 11.0 Å². The summed E-state index contributed by atoms with van der Waals surface area (Å²) in [6.45, 7) is 1.54. The largest absolute Gasteiger partial charge is 0.360 e. The molecule has 1 N–H and O–H groups in total. The second-order valence-corrected chi connectivity index (χ2v) is 7.21. The molecule has 0 atom stereocenters. The number of aryl methyl sites for hydroxylation is 1. The lowest BCUT2D eigenvalue weighted by molar-refractivity contribution is -0.116. The number of carbonyl (C=O) groups excluding carboxylic acids is 1. The van der Waals surface area contributed by atoms with Gasteiger partial charge in [0.1, 0.15) is 12.3 Å². The summed E-state index contributed by atoms with van der Waals surface area (Å²) in [5, 5.41) is 6.62. The van der Waals surface area contributed by atoms with Gasteiger partial charge in [-0.2, -0.15) is 0 Å². The molecule has 0 unspecified atom stereocenters. The first-order valence-electron chi connectivity index (χ1n) is 9.12. The number of anilines is 1. The van der Waals surface area contributed by atoms with Crippen molar-refractivity contribution in [2.45, 2.75) is 20.0 Å². The summed E-state index contributed by atoms with van der Waals surface area (Å²) in [4.78, 5) is 38.2. The van der Waals surface area contributed by atoms with Crippen molar-refractivity contribution in [3.8, 4) is 0 Å². The molecule has 0 radical (unpaired) electrons. The lowest BCUT2D eigenvalue weighted by atomic mass is 10.2. The molecule has 0 fully saturated rings. The SMILES string of the molecule is Cc1cc(NC(=O)Cn2c(=O)c(=O)n(Cc3ccccc3)c3ccc(Cl)cc32)no1. The van der Waals surface area contributed by atoms with Gasteiger partial charge in [0.25, 0.3) is 0 Å². The molecule has 0 bridgehead atoms. The normalized spacial score (nSPS) is 11.0. The second-order valence-electron chi connectivity index (χ2n) is 6.77. The van der Waals surface area contributed by atoms with Gasteiger partial charge in [0.15, 0.2) is 5.82 Å². The molecule has 30 heavy (non-hydrogen) atoms. The van der Waals surface area contributed by atoms with Crippen LogP contribution in [-0.4, -0.2) is 20.2 Å². The van der Waals surface area contributed by atoms with E-state index >= 15 is 0 Å². The van der Waals surface area contributed by atoms with Crippen LogP contribution in [-0.2, 0) is 17.9 Å². The van der Waals surface area contributed by atoms with Crippen molar-refractivity contribution in [3.05, 3.63) is 91.7 Å². The average molecular weight is 425 g/mol. The molecule has 2 heterocycles. The number of hydrogen-bond donors (Lipinski definition) is 1. The molecule has 4 rings (SSSR count). The van der Waals surface area contributed by atoms with E-state index in [1.54, 1.807) is 31.2 Å². The number of aromatic nitrogens is 3. The highest BCUT2D eigenvalue weighted by atomic mass is 35.5. The van der Waals surface area contributed by atoms with E-state index in [-0.39, 0.29) is 18.9 Å². The molecule has 1 amide bonds. The minimum absolute atomic E-state index is 0.221. The van der Waals surface area contributed by atoms with Gasteiger partial charge in [-0.15, -0.1) is 0 Å². The standard InChI is InChI=1S/C21H17ClN4O4/c1-13-9-18(24-30-13)23-19(27)12-26-17-10-15(22)7-8-16(17)25(20(28)21(26)29)11-14-5-3-2-4-6-14/h2-10H,11-12H2,1H3,(H,23,24,27). The maximum Gasteiger partial charge on any atom is 0.317 e. The fourth-order valence-corrected chi connectivity index (χ4v) is 3.39. The molecular formula is C21H17ClN4O4. The Morgan fingerprint density at radius 2 is 1.77 bits per heavy atom. The molecule has 9 heteroatoms. The van der Waals surface area contributed by atoms with Crippen LogP contribution in [0.15, 0.2) is 68.7 Å². The smallest absolute Gasteiger partial charge is 0.317 e. The van der Waals surface area contributed by atoms with Crippen LogP contribution >= 0.6 is 11.6 Å². The molecule has 0 spiro atoms. The van der Waals surface area contributed by atoms with E-state index in [0.29, 0.717) is 21.8 Å². The number of amides is 1. The first-order chi connectivity index (χ1) is 14.4. The van der Waals surface area contributed by atoms with Crippen molar-refractivity contribution in [2.75, 3.05) is 5.32 Å². The van der Waals surface area contributed by atoms with Crippen LogP contribution < -0.4 is 16.4 Å². The number of carbonyl (C=O) groups is 1. The fourth-order valence-electron chi connectivity index (χ4n) is 3.22. The Bertz CT molecular complexity index is 1360. The Balaban J connectivity index is 1.78. The van der Waals surface area contributed by atoms with Crippen LogP contribution in [0.4, 0.5) is 5.82 Å². The van der Waals surface area contributed by atoms with E-state index < -0.39 is 17.0 Å². The highest BCUT2D eigenvalue weighted by Gasteiger charge is 2.17. The van der Waals surface area contributed by atoms with Crippen LogP contribution in [0.1, 0.15) is 11.3 Å². The highest BCUT2D eigenvalue weighted by Crippen LogP contribution is 2.18.